The van der Waals surface area contributed by atoms with E-state index in [-0.39, 0.29) is 29.5 Å². The van der Waals surface area contributed by atoms with Gasteiger partial charge in [0.1, 0.15) is 11.5 Å². The normalized spacial score (nSPS) is 20.6. The molecule has 1 aromatic heterocycles. The van der Waals surface area contributed by atoms with E-state index in [1.807, 2.05) is 19.1 Å². The van der Waals surface area contributed by atoms with Crippen LogP contribution in [0, 0.1) is 6.92 Å². The maximum absolute atomic E-state index is 12.8. The summed E-state index contributed by atoms with van der Waals surface area (Å²) < 4.78 is 44.4. The van der Waals surface area contributed by atoms with Crippen molar-refractivity contribution in [3.63, 3.8) is 0 Å². The first kappa shape index (κ1) is 23.9. The lowest BCUT2D eigenvalue weighted by molar-refractivity contribution is 0.0117. The number of sulfonamides is 1. The Hall–Kier alpha value is -2.24. The number of furan rings is 1. The quantitative estimate of drug-likeness (QED) is 0.567. The molecular formula is C23H31N3O6S. The van der Waals surface area contributed by atoms with Crippen molar-refractivity contribution in [2.24, 2.45) is 0 Å². The van der Waals surface area contributed by atoms with Crippen LogP contribution in [0.25, 0.3) is 0 Å². The molecule has 2 aromatic rings. The summed E-state index contributed by atoms with van der Waals surface area (Å²) in [5.74, 6) is 1.35. The molecular weight excluding hydrogens is 446 g/mol. The molecule has 2 aliphatic heterocycles. The first-order chi connectivity index (χ1) is 15.9. The van der Waals surface area contributed by atoms with Gasteiger partial charge in [-0.25, -0.2) is 13.1 Å². The maximum Gasteiger partial charge on any atom is 0.251 e. The molecule has 2 saturated heterocycles. The number of morpholine rings is 1. The van der Waals surface area contributed by atoms with Gasteiger partial charge in [0.2, 0.25) is 10.0 Å². The Morgan fingerprint density at radius 3 is 2.52 bits per heavy atom. The monoisotopic (exact) mass is 477 g/mol. The SMILES string of the molecule is Cc1ccc([C@H](CNC(=O)c2ccc(S(=O)(=O)NC[C@@H]3CCCO3)cc2)N2CCOCC2)o1. The minimum absolute atomic E-state index is 0.0813. The van der Waals surface area contributed by atoms with Crippen molar-refractivity contribution >= 4 is 15.9 Å². The summed E-state index contributed by atoms with van der Waals surface area (Å²) in [6.45, 7) is 5.97. The topological polar surface area (TPSA) is 110 Å². The van der Waals surface area contributed by atoms with E-state index in [0.717, 1.165) is 37.5 Å². The van der Waals surface area contributed by atoms with E-state index in [2.05, 4.69) is 14.9 Å². The Bertz CT molecular complexity index is 1020. The van der Waals surface area contributed by atoms with Gasteiger partial charge in [-0.3, -0.25) is 9.69 Å². The van der Waals surface area contributed by atoms with Crippen LogP contribution in [-0.2, 0) is 19.5 Å². The fraction of sp³-hybridized carbons (Fsp3) is 0.522. The highest BCUT2D eigenvalue weighted by Crippen LogP contribution is 2.23. The van der Waals surface area contributed by atoms with Gasteiger partial charge in [-0.2, -0.15) is 0 Å². The molecule has 1 amide bonds. The number of benzene rings is 1. The highest BCUT2D eigenvalue weighted by atomic mass is 32.2. The van der Waals surface area contributed by atoms with Crippen LogP contribution in [0.3, 0.4) is 0 Å². The van der Waals surface area contributed by atoms with E-state index in [1.54, 1.807) is 0 Å². The lowest BCUT2D eigenvalue weighted by atomic mass is 10.1. The van der Waals surface area contributed by atoms with Gasteiger partial charge in [0, 0.05) is 38.3 Å². The number of nitrogens with one attached hydrogen (secondary N) is 2. The summed E-state index contributed by atoms with van der Waals surface area (Å²) in [7, 11) is -3.66. The van der Waals surface area contributed by atoms with Crippen LogP contribution >= 0.6 is 0 Å². The van der Waals surface area contributed by atoms with Crippen LogP contribution in [0.5, 0.6) is 0 Å². The van der Waals surface area contributed by atoms with Crippen LogP contribution < -0.4 is 10.0 Å². The van der Waals surface area contributed by atoms with Crippen LogP contribution in [0.4, 0.5) is 0 Å². The molecule has 180 valence electrons. The van der Waals surface area contributed by atoms with Crippen molar-refractivity contribution in [2.45, 2.75) is 36.8 Å². The van der Waals surface area contributed by atoms with Gasteiger partial charge >= 0.3 is 0 Å². The summed E-state index contributed by atoms with van der Waals surface area (Å²) in [4.78, 5) is 15.1. The minimum atomic E-state index is -3.66. The third-order valence-electron chi connectivity index (χ3n) is 5.98. The Kier molecular flexibility index (Phi) is 7.82. The number of nitrogens with zero attached hydrogens (tertiary/aromatic N) is 1. The summed E-state index contributed by atoms with van der Waals surface area (Å²) >= 11 is 0. The highest BCUT2D eigenvalue weighted by molar-refractivity contribution is 7.89. The summed E-state index contributed by atoms with van der Waals surface area (Å²) in [6, 6.07) is 9.69. The smallest absolute Gasteiger partial charge is 0.251 e. The molecule has 9 nitrogen and oxygen atoms in total. The van der Waals surface area contributed by atoms with Crippen molar-refractivity contribution in [2.75, 3.05) is 46.0 Å². The van der Waals surface area contributed by atoms with Crippen LogP contribution in [0.15, 0.2) is 45.7 Å². The van der Waals surface area contributed by atoms with E-state index in [1.165, 1.54) is 24.3 Å². The number of rotatable bonds is 9. The summed E-state index contributed by atoms with van der Waals surface area (Å²) in [5, 5.41) is 2.96. The second-order valence-corrected chi connectivity index (χ2v) is 10.1. The summed E-state index contributed by atoms with van der Waals surface area (Å²) in [5.41, 5.74) is 0.393. The average molecular weight is 478 g/mol. The van der Waals surface area contributed by atoms with Gasteiger partial charge in [-0.15, -0.1) is 0 Å². The third-order valence-corrected chi connectivity index (χ3v) is 7.42. The second-order valence-electron chi connectivity index (χ2n) is 8.33. The molecule has 0 saturated carbocycles. The van der Waals surface area contributed by atoms with Crippen LogP contribution in [0.1, 0.15) is 40.8 Å². The Labute approximate surface area is 194 Å². The molecule has 10 heteroatoms. The van der Waals surface area contributed by atoms with Gasteiger partial charge in [0.25, 0.3) is 5.91 Å². The lowest BCUT2D eigenvalue weighted by Gasteiger charge is -2.33. The van der Waals surface area contributed by atoms with Gasteiger partial charge in [0.05, 0.1) is 30.3 Å². The van der Waals surface area contributed by atoms with Crippen molar-refractivity contribution < 1.29 is 27.1 Å². The zero-order valence-corrected chi connectivity index (χ0v) is 19.6. The number of aryl methyl sites for hydroxylation is 1. The van der Waals surface area contributed by atoms with E-state index in [0.29, 0.717) is 31.9 Å². The number of carbonyl (C=O) groups is 1. The van der Waals surface area contributed by atoms with Gasteiger partial charge in [-0.1, -0.05) is 0 Å². The Morgan fingerprint density at radius 1 is 1.12 bits per heavy atom. The van der Waals surface area contributed by atoms with E-state index in [9.17, 15) is 13.2 Å². The fourth-order valence-corrected chi connectivity index (χ4v) is 5.17. The highest BCUT2D eigenvalue weighted by Gasteiger charge is 2.26. The largest absolute Gasteiger partial charge is 0.465 e. The lowest BCUT2D eigenvalue weighted by Crippen LogP contribution is -2.43. The molecule has 1 aromatic carbocycles. The van der Waals surface area contributed by atoms with E-state index < -0.39 is 10.0 Å². The number of ether oxygens (including phenoxy) is 2. The number of carbonyl (C=O) groups excluding carboxylic acids is 1. The zero-order chi connectivity index (χ0) is 23.3. The maximum atomic E-state index is 12.8. The standard InChI is InChI=1S/C23H31N3O6S/c1-17-4-9-22(32-17)21(26-10-13-30-14-11-26)16-24-23(27)18-5-7-20(8-6-18)33(28,29)25-15-19-3-2-12-31-19/h4-9,19,21,25H,2-3,10-16H2,1H3,(H,24,27)/t19-,21-/m0/s1. The summed E-state index contributed by atoms with van der Waals surface area (Å²) in [6.07, 6.45) is 1.72. The fourth-order valence-electron chi connectivity index (χ4n) is 4.10. The van der Waals surface area contributed by atoms with E-state index in [4.69, 9.17) is 13.9 Å². The molecule has 0 unspecified atom stereocenters. The van der Waals surface area contributed by atoms with Crippen molar-refractivity contribution in [1.29, 1.82) is 0 Å². The molecule has 0 spiro atoms. The first-order valence-electron chi connectivity index (χ1n) is 11.3. The van der Waals surface area contributed by atoms with Crippen LogP contribution in [0.2, 0.25) is 0 Å². The molecule has 2 aliphatic rings. The van der Waals surface area contributed by atoms with Crippen LogP contribution in [-0.4, -0.2) is 71.3 Å². The zero-order valence-electron chi connectivity index (χ0n) is 18.8. The number of amides is 1. The number of hydrogen-bond acceptors (Lipinski definition) is 7. The predicted molar refractivity (Wildman–Crippen MR) is 122 cm³/mol. The average Bonchev–Trinajstić information content (AvgIpc) is 3.51. The molecule has 2 atom stereocenters. The molecule has 33 heavy (non-hydrogen) atoms. The second kappa shape index (κ2) is 10.8. The van der Waals surface area contributed by atoms with E-state index >= 15 is 0 Å². The first-order valence-corrected chi connectivity index (χ1v) is 12.8. The number of hydrogen-bond donors (Lipinski definition) is 2. The molecule has 4 rings (SSSR count). The third kappa shape index (κ3) is 6.21. The molecule has 0 radical (unpaired) electrons. The van der Waals surface area contributed by atoms with Crippen molar-refractivity contribution in [1.82, 2.24) is 14.9 Å². The predicted octanol–water partition coefficient (Wildman–Crippen LogP) is 1.85. The van der Waals surface area contributed by atoms with Gasteiger partial charge < -0.3 is 19.2 Å². The minimum Gasteiger partial charge on any atom is -0.465 e. The molecule has 3 heterocycles. The molecule has 0 bridgehead atoms. The Morgan fingerprint density at radius 2 is 1.88 bits per heavy atom. The van der Waals surface area contributed by atoms with Gasteiger partial charge in [0.15, 0.2) is 0 Å². The van der Waals surface area contributed by atoms with Crippen molar-refractivity contribution in [3.8, 4) is 0 Å². The molecule has 2 fully saturated rings. The molecule has 2 N–H and O–H groups in total. The molecule has 0 aliphatic carbocycles. The van der Waals surface area contributed by atoms with Gasteiger partial charge in [-0.05, 0) is 56.2 Å². The van der Waals surface area contributed by atoms with Crippen molar-refractivity contribution in [3.05, 3.63) is 53.5 Å². The Balaban J connectivity index is 1.36.